The fourth-order valence-corrected chi connectivity index (χ4v) is 3.52. The number of aliphatic imine (C=N–C) groups is 1. The van der Waals surface area contributed by atoms with Crippen molar-refractivity contribution in [1.82, 2.24) is 20.4 Å². The minimum Gasteiger partial charge on any atom is -0.379 e. The second-order valence-corrected chi connectivity index (χ2v) is 6.99. The molecule has 1 amide bonds. The number of amides is 1. The van der Waals surface area contributed by atoms with Gasteiger partial charge in [-0.25, -0.2) is 0 Å². The predicted octanol–water partition coefficient (Wildman–Crippen LogP) is 0.806. The Labute approximate surface area is 161 Å². The monoisotopic (exact) mass is 373 g/mol. The molecule has 7 heteroatoms. The lowest BCUT2D eigenvalue weighted by Crippen LogP contribution is -2.44. The zero-order valence-electron chi connectivity index (χ0n) is 16.2. The van der Waals surface area contributed by atoms with Gasteiger partial charge in [0, 0.05) is 59.3 Å². The van der Waals surface area contributed by atoms with Gasteiger partial charge in [-0.1, -0.05) is 24.3 Å². The molecule has 0 unspecified atom stereocenters. The van der Waals surface area contributed by atoms with Crippen LogP contribution in [-0.4, -0.2) is 74.7 Å². The first kappa shape index (κ1) is 19.6. The number of rotatable bonds is 7. The highest BCUT2D eigenvalue weighted by atomic mass is 16.5. The van der Waals surface area contributed by atoms with Crippen molar-refractivity contribution in [2.24, 2.45) is 4.99 Å². The summed E-state index contributed by atoms with van der Waals surface area (Å²) < 4.78 is 5.38. The van der Waals surface area contributed by atoms with Crippen LogP contribution >= 0.6 is 0 Å². The summed E-state index contributed by atoms with van der Waals surface area (Å²) in [5.41, 5.74) is 2.40. The molecule has 2 aliphatic rings. The Morgan fingerprint density at radius 2 is 1.93 bits per heavy atom. The third-order valence-corrected chi connectivity index (χ3v) is 5.15. The van der Waals surface area contributed by atoms with Crippen LogP contribution in [0.2, 0.25) is 0 Å². The molecular weight excluding hydrogens is 342 g/mol. The Kier molecular flexibility index (Phi) is 7.47. The minimum atomic E-state index is 0.262. The van der Waals surface area contributed by atoms with Gasteiger partial charge in [-0.2, -0.15) is 0 Å². The largest absolute Gasteiger partial charge is 0.379 e. The molecule has 1 aromatic carbocycles. The third kappa shape index (κ3) is 5.94. The van der Waals surface area contributed by atoms with Gasteiger partial charge in [-0.3, -0.25) is 14.7 Å². The number of carbonyl (C=O) groups is 1. The summed E-state index contributed by atoms with van der Waals surface area (Å²) in [7, 11) is 1.79. The topological polar surface area (TPSA) is 69.2 Å². The zero-order chi connectivity index (χ0) is 18.9. The second-order valence-electron chi connectivity index (χ2n) is 6.99. The van der Waals surface area contributed by atoms with E-state index in [2.05, 4.69) is 32.7 Å². The van der Waals surface area contributed by atoms with Crippen LogP contribution in [0.15, 0.2) is 29.3 Å². The van der Waals surface area contributed by atoms with Crippen molar-refractivity contribution in [3.63, 3.8) is 0 Å². The Morgan fingerprint density at radius 3 is 2.63 bits per heavy atom. The normalized spacial score (nSPS) is 18.8. The van der Waals surface area contributed by atoms with Crippen LogP contribution in [0.25, 0.3) is 0 Å². The number of benzene rings is 1. The fourth-order valence-electron chi connectivity index (χ4n) is 3.52. The van der Waals surface area contributed by atoms with Gasteiger partial charge in [-0.05, 0) is 17.5 Å². The van der Waals surface area contributed by atoms with Crippen LogP contribution in [-0.2, 0) is 22.6 Å². The summed E-state index contributed by atoms with van der Waals surface area (Å²) in [5.74, 6) is 1.06. The molecule has 0 bridgehead atoms. The molecule has 2 heterocycles. The lowest BCUT2D eigenvalue weighted by atomic mass is 10.1. The maximum Gasteiger partial charge on any atom is 0.222 e. The van der Waals surface area contributed by atoms with E-state index in [1.165, 1.54) is 11.1 Å². The first-order valence-corrected chi connectivity index (χ1v) is 9.85. The highest BCUT2D eigenvalue weighted by Crippen LogP contribution is 2.17. The average Bonchev–Trinajstić information content (AvgIpc) is 3.11. The van der Waals surface area contributed by atoms with Crippen molar-refractivity contribution in [1.29, 1.82) is 0 Å². The number of hydrogen-bond acceptors (Lipinski definition) is 4. The predicted molar refractivity (Wildman–Crippen MR) is 107 cm³/mol. The molecule has 3 rings (SSSR count). The van der Waals surface area contributed by atoms with E-state index in [4.69, 9.17) is 4.74 Å². The van der Waals surface area contributed by atoms with Gasteiger partial charge < -0.3 is 20.3 Å². The molecule has 2 saturated heterocycles. The standard InChI is InChI=1S/C20H31N5O2/c1-21-20(22-8-10-24-11-13-27-14-12-24)23-15-17-5-2-3-6-18(17)16-25-9-4-7-19(25)26/h2-3,5-6H,4,7-16H2,1H3,(H2,21,22,23). The molecule has 1 aromatic rings. The van der Waals surface area contributed by atoms with Crippen molar-refractivity contribution in [3.05, 3.63) is 35.4 Å². The van der Waals surface area contributed by atoms with Crippen LogP contribution in [0.5, 0.6) is 0 Å². The van der Waals surface area contributed by atoms with Crippen molar-refractivity contribution < 1.29 is 9.53 Å². The number of carbonyl (C=O) groups excluding carboxylic acids is 1. The number of hydrogen-bond donors (Lipinski definition) is 2. The first-order valence-electron chi connectivity index (χ1n) is 9.85. The molecule has 0 spiro atoms. The van der Waals surface area contributed by atoms with Crippen molar-refractivity contribution in [2.45, 2.75) is 25.9 Å². The maximum atomic E-state index is 11.9. The molecule has 0 aliphatic carbocycles. The maximum absolute atomic E-state index is 11.9. The second kappa shape index (κ2) is 10.3. The Bertz CT molecular complexity index is 643. The Hall–Kier alpha value is -2.12. The third-order valence-electron chi connectivity index (χ3n) is 5.15. The molecule has 0 aromatic heterocycles. The van der Waals surface area contributed by atoms with Crippen LogP contribution < -0.4 is 10.6 Å². The molecule has 2 aliphatic heterocycles. The summed E-state index contributed by atoms with van der Waals surface area (Å²) in [5, 5.41) is 6.77. The Morgan fingerprint density at radius 1 is 1.15 bits per heavy atom. The molecular formula is C20H31N5O2. The minimum absolute atomic E-state index is 0.262. The fraction of sp³-hybridized carbons (Fsp3) is 0.600. The number of nitrogens with one attached hydrogen (secondary N) is 2. The van der Waals surface area contributed by atoms with Crippen LogP contribution in [0.4, 0.5) is 0 Å². The van der Waals surface area contributed by atoms with Gasteiger partial charge in [0.05, 0.1) is 13.2 Å². The van der Waals surface area contributed by atoms with Gasteiger partial charge in [0.1, 0.15) is 0 Å². The van der Waals surface area contributed by atoms with E-state index in [0.717, 1.165) is 58.3 Å². The van der Waals surface area contributed by atoms with Crippen molar-refractivity contribution in [2.75, 3.05) is 53.0 Å². The lowest BCUT2D eigenvalue weighted by Gasteiger charge is -2.26. The molecule has 0 saturated carbocycles. The van der Waals surface area contributed by atoms with Crippen LogP contribution in [0, 0.1) is 0 Å². The molecule has 27 heavy (non-hydrogen) atoms. The molecule has 2 N–H and O–H groups in total. The van der Waals surface area contributed by atoms with E-state index < -0.39 is 0 Å². The van der Waals surface area contributed by atoms with E-state index in [1.807, 2.05) is 17.0 Å². The first-order chi connectivity index (χ1) is 13.3. The summed E-state index contributed by atoms with van der Waals surface area (Å²) in [6.07, 6.45) is 1.65. The van der Waals surface area contributed by atoms with Crippen LogP contribution in [0.1, 0.15) is 24.0 Å². The van der Waals surface area contributed by atoms with Gasteiger partial charge in [0.2, 0.25) is 5.91 Å². The van der Waals surface area contributed by atoms with E-state index in [1.54, 1.807) is 7.05 Å². The average molecular weight is 374 g/mol. The SMILES string of the molecule is CN=C(NCCN1CCOCC1)NCc1ccccc1CN1CCCC1=O. The van der Waals surface area contributed by atoms with Crippen molar-refractivity contribution in [3.8, 4) is 0 Å². The quantitative estimate of drug-likeness (QED) is 0.547. The summed E-state index contributed by atoms with van der Waals surface area (Å²) in [4.78, 5) is 20.6. The van der Waals surface area contributed by atoms with Crippen molar-refractivity contribution >= 4 is 11.9 Å². The zero-order valence-corrected chi connectivity index (χ0v) is 16.2. The smallest absolute Gasteiger partial charge is 0.222 e. The van der Waals surface area contributed by atoms with E-state index in [-0.39, 0.29) is 5.91 Å². The number of ether oxygens (including phenoxy) is 1. The number of morpholine rings is 1. The van der Waals surface area contributed by atoms with E-state index in [0.29, 0.717) is 19.5 Å². The van der Waals surface area contributed by atoms with E-state index >= 15 is 0 Å². The highest BCUT2D eigenvalue weighted by Gasteiger charge is 2.20. The number of guanidine groups is 1. The molecule has 0 atom stereocenters. The summed E-state index contributed by atoms with van der Waals surface area (Å²) in [6.45, 7) is 7.72. The van der Waals surface area contributed by atoms with Gasteiger partial charge in [0.25, 0.3) is 0 Å². The Balaban J connectivity index is 1.47. The highest BCUT2D eigenvalue weighted by molar-refractivity contribution is 5.79. The molecule has 148 valence electrons. The lowest BCUT2D eigenvalue weighted by molar-refractivity contribution is -0.128. The number of nitrogens with zero attached hydrogens (tertiary/aromatic N) is 3. The summed E-state index contributed by atoms with van der Waals surface area (Å²) in [6, 6.07) is 8.30. The van der Waals surface area contributed by atoms with E-state index in [9.17, 15) is 4.79 Å². The van der Waals surface area contributed by atoms with Gasteiger partial charge >= 0.3 is 0 Å². The molecule has 0 radical (unpaired) electrons. The number of likely N-dealkylation sites (tertiary alicyclic amines) is 1. The van der Waals surface area contributed by atoms with Gasteiger partial charge in [0.15, 0.2) is 5.96 Å². The van der Waals surface area contributed by atoms with Crippen LogP contribution in [0.3, 0.4) is 0 Å². The van der Waals surface area contributed by atoms with Gasteiger partial charge in [-0.15, -0.1) is 0 Å². The summed E-state index contributed by atoms with van der Waals surface area (Å²) >= 11 is 0. The molecule has 7 nitrogen and oxygen atoms in total. The molecule has 2 fully saturated rings.